The molecule has 1 N–H and O–H groups in total. The summed E-state index contributed by atoms with van der Waals surface area (Å²) in [5.74, 6) is 1.26. The van der Waals surface area contributed by atoms with Crippen molar-refractivity contribution in [1.82, 2.24) is 19.1 Å². The average molecular weight is 462 g/mol. The molecule has 0 bridgehead atoms. The lowest BCUT2D eigenvalue weighted by Gasteiger charge is -2.16. The summed E-state index contributed by atoms with van der Waals surface area (Å²) in [4.78, 5) is 12.6. The zero-order valence-electron chi connectivity index (χ0n) is 17.2. The first-order valence-electron chi connectivity index (χ1n) is 9.83. The van der Waals surface area contributed by atoms with Gasteiger partial charge in [0.2, 0.25) is 15.9 Å². The van der Waals surface area contributed by atoms with Crippen LogP contribution in [0.4, 0.5) is 5.69 Å². The average Bonchev–Trinajstić information content (AvgIpc) is 3.49. The maximum absolute atomic E-state index is 12.7. The first-order chi connectivity index (χ1) is 14.9. The second kappa shape index (κ2) is 8.85. The van der Waals surface area contributed by atoms with Crippen LogP contribution in [0.3, 0.4) is 0 Å². The highest BCUT2D eigenvalue weighted by Crippen LogP contribution is 2.26. The molecule has 0 radical (unpaired) electrons. The minimum Gasteiger partial charge on any atom is -0.469 e. The van der Waals surface area contributed by atoms with Gasteiger partial charge in [0.15, 0.2) is 11.0 Å². The molecular weight excluding hydrogens is 438 g/mol. The van der Waals surface area contributed by atoms with E-state index in [9.17, 15) is 13.2 Å². The zero-order valence-corrected chi connectivity index (χ0v) is 18.9. The fraction of sp³-hybridized carbons (Fsp3) is 0.350. The van der Waals surface area contributed by atoms with Gasteiger partial charge >= 0.3 is 0 Å². The number of hydrogen-bond donors (Lipinski definition) is 1. The van der Waals surface area contributed by atoms with E-state index in [0.29, 0.717) is 29.8 Å². The van der Waals surface area contributed by atoms with Crippen LogP contribution in [0.15, 0.2) is 51.1 Å². The van der Waals surface area contributed by atoms with E-state index in [1.807, 2.05) is 20.0 Å². The Hall–Kier alpha value is -2.63. The molecule has 1 fully saturated rings. The molecule has 2 aromatic heterocycles. The predicted octanol–water partition coefficient (Wildman–Crippen LogP) is 2.90. The van der Waals surface area contributed by atoms with Gasteiger partial charge in [-0.2, -0.15) is 4.31 Å². The molecule has 1 aliphatic rings. The van der Waals surface area contributed by atoms with Crippen molar-refractivity contribution in [2.45, 2.75) is 29.8 Å². The monoisotopic (exact) mass is 461 g/mol. The Balaban J connectivity index is 1.40. The van der Waals surface area contributed by atoms with Crippen molar-refractivity contribution in [3.8, 4) is 11.4 Å². The highest BCUT2D eigenvalue weighted by molar-refractivity contribution is 7.99. The number of furan rings is 1. The smallest absolute Gasteiger partial charge is 0.243 e. The highest BCUT2D eigenvalue weighted by Gasteiger charge is 2.27. The summed E-state index contributed by atoms with van der Waals surface area (Å²) in [5, 5.41) is 11.7. The van der Waals surface area contributed by atoms with Gasteiger partial charge in [-0.15, -0.1) is 10.2 Å². The second-order valence-corrected chi connectivity index (χ2v) is 10.1. The first-order valence-corrected chi connectivity index (χ1v) is 12.3. The van der Waals surface area contributed by atoms with Crippen LogP contribution in [0.25, 0.3) is 11.4 Å². The highest BCUT2D eigenvalue weighted by atomic mass is 32.2. The normalized spacial score (nSPS) is 14.8. The van der Waals surface area contributed by atoms with E-state index < -0.39 is 10.0 Å². The molecule has 0 saturated carbocycles. The summed E-state index contributed by atoms with van der Waals surface area (Å²) in [6.45, 7) is 2.92. The third kappa shape index (κ3) is 4.53. The van der Waals surface area contributed by atoms with Gasteiger partial charge < -0.3 is 14.3 Å². The standard InChI is InChI=1S/C20H23N5O4S2/c1-14-17(8-11-29-14)19-22-23-20(24(19)2)30-13-18(26)21-15-6-5-7-16(12-15)31(27,28)25-9-3-4-10-25/h5-8,11-12H,3-4,9-10,13H2,1-2H3,(H,21,26). The maximum atomic E-state index is 12.7. The Morgan fingerprint density at radius 1 is 1.23 bits per heavy atom. The molecule has 0 atom stereocenters. The Kier molecular flexibility index (Phi) is 6.17. The van der Waals surface area contributed by atoms with Crippen molar-refractivity contribution in [3.05, 3.63) is 42.4 Å². The van der Waals surface area contributed by atoms with Gasteiger partial charge in [-0.1, -0.05) is 17.8 Å². The summed E-state index contributed by atoms with van der Waals surface area (Å²) < 4.78 is 34.1. The van der Waals surface area contributed by atoms with Gasteiger partial charge in [0.25, 0.3) is 0 Å². The van der Waals surface area contributed by atoms with Crippen LogP contribution in [-0.4, -0.2) is 52.2 Å². The summed E-state index contributed by atoms with van der Waals surface area (Å²) >= 11 is 1.25. The number of rotatable bonds is 7. The van der Waals surface area contributed by atoms with E-state index in [1.54, 1.807) is 29.0 Å². The molecule has 0 aliphatic carbocycles. The number of thioether (sulfide) groups is 1. The van der Waals surface area contributed by atoms with Gasteiger partial charge in [0.1, 0.15) is 5.76 Å². The van der Waals surface area contributed by atoms with Gasteiger partial charge in [-0.05, 0) is 44.0 Å². The Labute approximate surface area is 184 Å². The molecular formula is C20H23N5O4S2. The molecule has 11 heteroatoms. The second-order valence-electron chi connectivity index (χ2n) is 7.23. The SMILES string of the molecule is Cc1occc1-c1nnc(SCC(=O)Nc2cccc(S(=O)(=O)N3CCCC3)c2)n1C. The minimum absolute atomic E-state index is 0.111. The summed E-state index contributed by atoms with van der Waals surface area (Å²) in [6.07, 6.45) is 3.34. The fourth-order valence-corrected chi connectivity index (χ4v) is 5.71. The molecule has 1 aliphatic heterocycles. The molecule has 4 rings (SSSR count). The van der Waals surface area contributed by atoms with Crippen molar-refractivity contribution in [2.24, 2.45) is 7.05 Å². The number of aromatic nitrogens is 3. The fourth-order valence-electron chi connectivity index (χ4n) is 3.43. The number of hydrogen-bond acceptors (Lipinski definition) is 7. The van der Waals surface area contributed by atoms with Crippen molar-refractivity contribution in [1.29, 1.82) is 0 Å². The van der Waals surface area contributed by atoms with Crippen LogP contribution in [0.2, 0.25) is 0 Å². The number of aryl methyl sites for hydroxylation is 1. The van der Waals surface area contributed by atoms with Gasteiger partial charge in [0.05, 0.1) is 22.5 Å². The molecule has 1 saturated heterocycles. The number of benzene rings is 1. The lowest BCUT2D eigenvalue weighted by atomic mass is 10.2. The van der Waals surface area contributed by atoms with Crippen LogP contribution < -0.4 is 5.32 Å². The van der Waals surface area contributed by atoms with Crippen LogP contribution >= 0.6 is 11.8 Å². The number of carbonyl (C=O) groups is 1. The van der Waals surface area contributed by atoms with Crippen molar-refractivity contribution < 1.29 is 17.6 Å². The predicted molar refractivity (Wildman–Crippen MR) is 117 cm³/mol. The van der Waals surface area contributed by atoms with E-state index in [4.69, 9.17) is 4.42 Å². The van der Waals surface area contributed by atoms with Gasteiger partial charge in [-0.3, -0.25) is 4.79 Å². The lowest BCUT2D eigenvalue weighted by molar-refractivity contribution is -0.113. The largest absolute Gasteiger partial charge is 0.469 e. The van der Waals surface area contributed by atoms with Crippen molar-refractivity contribution in [3.63, 3.8) is 0 Å². The summed E-state index contributed by atoms with van der Waals surface area (Å²) in [5.41, 5.74) is 1.29. The van der Waals surface area contributed by atoms with Crippen LogP contribution in [0.5, 0.6) is 0 Å². The number of anilines is 1. The molecule has 1 amide bonds. The molecule has 9 nitrogen and oxygen atoms in total. The quantitative estimate of drug-likeness (QED) is 0.539. The first kappa shape index (κ1) is 21.6. The summed E-state index contributed by atoms with van der Waals surface area (Å²) in [6, 6.07) is 8.18. The van der Waals surface area contributed by atoms with Crippen molar-refractivity contribution in [2.75, 3.05) is 24.2 Å². The molecule has 1 aromatic carbocycles. The minimum atomic E-state index is -3.53. The maximum Gasteiger partial charge on any atom is 0.243 e. The number of sulfonamides is 1. The summed E-state index contributed by atoms with van der Waals surface area (Å²) in [7, 11) is -1.70. The Bertz CT molecular complexity index is 1200. The molecule has 164 valence electrons. The van der Waals surface area contributed by atoms with Crippen LogP contribution in [0.1, 0.15) is 18.6 Å². The lowest BCUT2D eigenvalue weighted by Crippen LogP contribution is -2.28. The van der Waals surface area contributed by atoms with E-state index in [0.717, 1.165) is 24.2 Å². The molecule has 3 heterocycles. The number of carbonyl (C=O) groups excluding carboxylic acids is 1. The van der Waals surface area contributed by atoms with Gasteiger partial charge in [0, 0.05) is 25.8 Å². The number of nitrogens with one attached hydrogen (secondary N) is 1. The van der Waals surface area contributed by atoms with E-state index in [1.165, 1.54) is 22.1 Å². The third-order valence-corrected chi connectivity index (χ3v) is 8.00. The van der Waals surface area contributed by atoms with Crippen LogP contribution in [-0.2, 0) is 21.9 Å². The molecule has 0 spiro atoms. The number of nitrogens with zero attached hydrogens (tertiary/aromatic N) is 4. The van der Waals surface area contributed by atoms with Crippen LogP contribution in [0, 0.1) is 6.92 Å². The molecule has 31 heavy (non-hydrogen) atoms. The number of amides is 1. The van der Waals surface area contributed by atoms with E-state index in [-0.39, 0.29) is 16.6 Å². The molecule has 3 aromatic rings. The van der Waals surface area contributed by atoms with E-state index in [2.05, 4.69) is 15.5 Å². The topological polar surface area (TPSA) is 110 Å². The Morgan fingerprint density at radius 2 is 2.00 bits per heavy atom. The van der Waals surface area contributed by atoms with Gasteiger partial charge in [-0.25, -0.2) is 8.42 Å². The van der Waals surface area contributed by atoms with Crippen molar-refractivity contribution >= 4 is 33.4 Å². The van der Waals surface area contributed by atoms with E-state index >= 15 is 0 Å². The molecule has 0 unspecified atom stereocenters. The zero-order chi connectivity index (χ0) is 22.0. The Morgan fingerprint density at radius 3 is 2.71 bits per heavy atom. The third-order valence-electron chi connectivity index (χ3n) is 5.09.